The van der Waals surface area contributed by atoms with Gasteiger partial charge in [0.2, 0.25) is 17.7 Å². The Morgan fingerprint density at radius 2 is 1.69 bits per heavy atom. The van der Waals surface area contributed by atoms with Crippen molar-refractivity contribution < 1.29 is 19.5 Å². The van der Waals surface area contributed by atoms with Crippen molar-refractivity contribution in [2.75, 3.05) is 29.4 Å². The number of fused-ring (bicyclic) bond motifs is 4. The number of rotatable bonds is 3. The normalized spacial score (nSPS) is 20.0. The van der Waals surface area contributed by atoms with E-state index >= 15 is 0 Å². The average Bonchev–Trinajstić information content (AvgIpc) is 2.91. The Kier molecular flexibility index (Phi) is 5.56. The Labute approximate surface area is 220 Å². The Morgan fingerprint density at radius 1 is 0.949 bits per heavy atom. The fourth-order valence-corrected chi connectivity index (χ4v) is 5.63. The minimum absolute atomic E-state index is 0.0188. The van der Waals surface area contributed by atoms with E-state index in [4.69, 9.17) is 0 Å². The lowest BCUT2D eigenvalue weighted by Gasteiger charge is -2.54. The van der Waals surface area contributed by atoms with Crippen molar-refractivity contribution in [3.63, 3.8) is 0 Å². The maximum atomic E-state index is 13.4. The van der Waals surface area contributed by atoms with E-state index in [2.05, 4.69) is 25.5 Å². The van der Waals surface area contributed by atoms with Crippen molar-refractivity contribution in [3.05, 3.63) is 80.5 Å². The highest BCUT2D eigenvalue weighted by Gasteiger charge is 2.60. The number of nitrogens with zero attached hydrogens (tertiary/aromatic N) is 3. The molecule has 0 aliphatic carbocycles. The Hall–Kier alpha value is -5.20. The molecule has 0 radical (unpaired) electrons. The van der Waals surface area contributed by atoms with Crippen molar-refractivity contribution >= 4 is 41.1 Å². The molecule has 5 N–H and O–H groups in total. The summed E-state index contributed by atoms with van der Waals surface area (Å²) < 4.78 is 0. The zero-order valence-corrected chi connectivity index (χ0v) is 20.4. The standard InChI is InChI=1S/C26H23N7O6/c34-20-17(21(35)29-24(38)28-20)12-27-15-6-7-18-14(10-15)11-26(22(36)30-25(39)31-23(26)37)19-13-32(8-9-33(18)19)16-4-2-1-3-5-16/h1-7,10,12,19H,8-9,11,13H2,(H3,28,29,34,35,38)(H2,30,31,36,37,39)/t19-/m1/s1. The van der Waals surface area contributed by atoms with Gasteiger partial charge in [-0.1, -0.05) is 18.2 Å². The largest absolute Gasteiger partial charge is 0.494 e. The highest BCUT2D eigenvalue weighted by atomic mass is 16.3. The van der Waals surface area contributed by atoms with Crippen LogP contribution in [0.25, 0.3) is 0 Å². The van der Waals surface area contributed by atoms with Gasteiger partial charge in [0.15, 0.2) is 5.41 Å². The monoisotopic (exact) mass is 529 g/mol. The zero-order valence-electron chi connectivity index (χ0n) is 20.4. The number of H-pyrrole nitrogens is 2. The molecule has 0 saturated carbocycles. The van der Waals surface area contributed by atoms with Gasteiger partial charge >= 0.3 is 11.7 Å². The molecule has 2 saturated heterocycles. The van der Waals surface area contributed by atoms with Crippen LogP contribution < -0.4 is 31.7 Å². The molecule has 13 heteroatoms. The molecule has 4 heterocycles. The van der Waals surface area contributed by atoms with Gasteiger partial charge in [0.05, 0.1) is 11.7 Å². The van der Waals surface area contributed by atoms with Crippen LogP contribution in [0.2, 0.25) is 0 Å². The Balaban J connectivity index is 1.40. The number of carbonyl (C=O) groups excluding carboxylic acids is 3. The van der Waals surface area contributed by atoms with Gasteiger partial charge in [-0.15, -0.1) is 0 Å². The first-order valence-electron chi connectivity index (χ1n) is 12.2. The van der Waals surface area contributed by atoms with E-state index in [1.165, 1.54) is 0 Å². The summed E-state index contributed by atoms with van der Waals surface area (Å²) >= 11 is 0. The van der Waals surface area contributed by atoms with Crippen LogP contribution >= 0.6 is 0 Å². The molecule has 2 fully saturated rings. The quantitative estimate of drug-likeness (QED) is 0.234. The number of aliphatic imine (C=N–C) groups is 1. The van der Waals surface area contributed by atoms with Gasteiger partial charge in [0.25, 0.3) is 5.56 Å². The van der Waals surface area contributed by atoms with E-state index in [1.54, 1.807) is 12.1 Å². The average molecular weight is 530 g/mol. The molecule has 0 unspecified atom stereocenters. The summed E-state index contributed by atoms with van der Waals surface area (Å²) in [6.07, 6.45) is 1.13. The van der Waals surface area contributed by atoms with Crippen molar-refractivity contribution in [3.8, 4) is 5.88 Å². The summed E-state index contributed by atoms with van der Waals surface area (Å²) in [7, 11) is 0. The van der Waals surface area contributed by atoms with Crippen LogP contribution in [0, 0.1) is 5.41 Å². The molecule has 1 aromatic heterocycles. The summed E-state index contributed by atoms with van der Waals surface area (Å²) in [5.74, 6) is -1.94. The highest BCUT2D eigenvalue weighted by molar-refractivity contribution is 6.20. The SMILES string of the molecule is O=C1NC(=O)C2(Cc3cc(N=Cc4c(O)[nH]c(=O)[nH]c4=O)ccc3N3CCN(c4ccccc4)C[C@@H]32)C(=O)N1. The molecular weight excluding hydrogens is 506 g/mol. The molecule has 39 heavy (non-hydrogen) atoms. The first-order valence-corrected chi connectivity index (χ1v) is 12.2. The highest BCUT2D eigenvalue weighted by Crippen LogP contribution is 2.45. The topological polar surface area (TPSA) is 180 Å². The number of urea groups is 1. The van der Waals surface area contributed by atoms with Crippen LogP contribution in [0.1, 0.15) is 11.1 Å². The number of nitrogens with one attached hydrogen (secondary N) is 4. The number of aromatic hydroxyl groups is 1. The number of imide groups is 2. The van der Waals surface area contributed by atoms with Crippen LogP contribution in [0.3, 0.4) is 0 Å². The minimum Gasteiger partial charge on any atom is -0.494 e. The molecular formula is C26H23N7O6. The van der Waals surface area contributed by atoms with Gasteiger partial charge in [-0.25, -0.2) is 9.59 Å². The van der Waals surface area contributed by atoms with Gasteiger partial charge in [0.1, 0.15) is 5.56 Å². The van der Waals surface area contributed by atoms with Gasteiger partial charge in [0, 0.05) is 37.2 Å². The number of aromatic nitrogens is 2. The predicted molar refractivity (Wildman–Crippen MR) is 141 cm³/mol. The lowest BCUT2D eigenvalue weighted by atomic mass is 9.68. The van der Waals surface area contributed by atoms with Gasteiger partial charge < -0.3 is 14.9 Å². The number of carbonyl (C=O) groups is 3. The van der Waals surface area contributed by atoms with Crippen molar-refractivity contribution in [2.24, 2.45) is 10.4 Å². The molecule has 3 aliphatic rings. The van der Waals surface area contributed by atoms with E-state index in [1.807, 2.05) is 46.3 Å². The number of barbiturate groups is 1. The second-order valence-electron chi connectivity index (χ2n) is 9.62. The smallest absolute Gasteiger partial charge is 0.328 e. The van der Waals surface area contributed by atoms with E-state index in [0.29, 0.717) is 30.9 Å². The number of benzene rings is 2. The van der Waals surface area contributed by atoms with Crippen LogP contribution in [0.5, 0.6) is 5.88 Å². The minimum atomic E-state index is -1.58. The van der Waals surface area contributed by atoms with E-state index < -0.39 is 46.4 Å². The molecule has 13 nitrogen and oxygen atoms in total. The number of hydrogen-bond donors (Lipinski definition) is 5. The van der Waals surface area contributed by atoms with E-state index in [-0.39, 0.29) is 12.0 Å². The number of hydrogen-bond acceptors (Lipinski definition) is 9. The second-order valence-corrected chi connectivity index (χ2v) is 9.62. The lowest BCUT2D eigenvalue weighted by Crippen LogP contribution is -2.74. The summed E-state index contributed by atoms with van der Waals surface area (Å²) in [6, 6.07) is 13.5. The van der Waals surface area contributed by atoms with Crippen LogP contribution in [-0.4, -0.2) is 64.8 Å². The number of para-hydroxylation sites is 1. The zero-order chi connectivity index (χ0) is 27.3. The molecule has 6 rings (SSSR count). The molecule has 2 aromatic carbocycles. The number of aromatic amines is 2. The summed E-state index contributed by atoms with van der Waals surface area (Å²) in [4.78, 5) is 74.7. The summed E-state index contributed by atoms with van der Waals surface area (Å²) in [6.45, 7) is 1.55. The fourth-order valence-electron chi connectivity index (χ4n) is 5.63. The number of anilines is 2. The molecule has 3 aliphatic heterocycles. The van der Waals surface area contributed by atoms with Gasteiger partial charge in [-0.2, -0.15) is 0 Å². The van der Waals surface area contributed by atoms with Crippen LogP contribution in [0.15, 0.2) is 63.1 Å². The van der Waals surface area contributed by atoms with Gasteiger partial charge in [-0.05, 0) is 42.3 Å². The third-order valence-corrected chi connectivity index (χ3v) is 7.48. The maximum Gasteiger partial charge on any atom is 0.328 e. The summed E-state index contributed by atoms with van der Waals surface area (Å²) in [5, 5.41) is 14.5. The fraction of sp³-hybridized carbons (Fsp3) is 0.231. The molecule has 1 atom stereocenters. The number of piperazine rings is 1. The van der Waals surface area contributed by atoms with Gasteiger partial charge in [-0.3, -0.25) is 40.0 Å². The second kappa shape index (κ2) is 8.97. The first kappa shape index (κ1) is 24.2. The predicted octanol–water partition coefficient (Wildman–Crippen LogP) is 0.123. The van der Waals surface area contributed by atoms with Crippen LogP contribution in [0.4, 0.5) is 21.9 Å². The lowest BCUT2D eigenvalue weighted by molar-refractivity contribution is -0.146. The molecule has 3 aromatic rings. The third-order valence-electron chi connectivity index (χ3n) is 7.48. The Bertz CT molecular complexity index is 1640. The molecule has 0 bridgehead atoms. The van der Waals surface area contributed by atoms with Crippen molar-refractivity contribution in [2.45, 2.75) is 12.5 Å². The molecule has 4 amide bonds. The number of amides is 4. The van der Waals surface area contributed by atoms with E-state index in [0.717, 1.165) is 17.6 Å². The molecule has 198 valence electrons. The molecule has 1 spiro atoms. The Morgan fingerprint density at radius 3 is 2.41 bits per heavy atom. The first-order chi connectivity index (χ1) is 18.8. The third kappa shape index (κ3) is 3.95. The van der Waals surface area contributed by atoms with Crippen molar-refractivity contribution in [1.82, 2.24) is 20.6 Å². The van der Waals surface area contributed by atoms with E-state index in [9.17, 15) is 29.1 Å². The maximum absolute atomic E-state index is 13.4. The van der Waals surface area contributed by atoms with Crippen LogP contribution in [-0.2, 0) is 16.0 Å². The summed E-state index contributed by atoms with van der Waals surface area (Å²) in [5.41, 5.74) is -0.614. The van der Waals surface area contributed by atoms with Crippen molar-refractivity contribution in [1.29, 1.82) is 0 Å².